The number of carbonyl (C=O) groups excluding carboxylic acids is 2. The summed E-state index contributed by atoms with van der Waals surface area (Å²) in [4.78, 5) is 23.5. The first kappa shape index (κ1) is 17.0. The summed E-state index contributed by atoms with van der Waals surface area (Å²) in [5, 5.41) is 14.4. The van der Waals surface area contributed by atoms with Crippen LogP contribution in [0.5, 0.6) is 0 Å². The summed E-state index contributed by atoms with van der Waals surface area (Å²) in [6, 6.07) is 15.3. The van der Waals surface area contributed by atoms with Crippen LogP contribution < -0.4 is 10.6 Å². The molecule has 24 heavy (non-hydrogen) atoms. The average molecular weight is 323 g/mol. The first-order chi connectivity index (χ1) is 11.6. The molecular weight excluding hydrogens is 306 g/mol. The zero-order valence-electron chi connectivity index (χ0n) is 13.2. The Kier molecular flexibility index (Phi) is 5.92. The number of nitriles is 1. The van der Waals surface area contributed by atoms with Crippen LogP contribution in [0.3, 0.4) is 0 Å². The maximum atomic E-state index is 11.9. The fourth-order valence-corrected chi connectivity index (χ4v) is 1.95. The molecule has 0 aliphatic carbocycles. The molecule has 0 saturated carbocycles. The number of hydrogen-bond donors (Lipinski definition) is 2. The highest BCUT2D eigenvalue weighted by Crippen LogP contribution is 2.11. The highest BCUT2D eigenvalue weighted by atomic mass is 16.5. The molecule has 0 saturated heterocycles. The lowest BCUT2D eigenvalue weighted by atomic mass is 10.2. The second-order valence-electron chi connectivity index (χ2n) is 4.89. The Labute approximate surface area is 140 Å². The van der Waals surface area contributed by atoms with Gasteiger partial charge in [-0.1, -0.05) is 0 Å². The van der Waals surface area contributed by atoms with E-state index in [1.807, 2.05) is 6.07 Å². The lowest BCUT2D eigenvalue weighted by Crippen LogP contribution is -2.21. The summed E-state index contributed by atoms with van der Waals surface area (Å²) in [6.07, 6.45) is 0. The molecule has 1 amide bonds. The van der Waals surface area contributed by atoms with Crippen LogP contribution in [0.15, 0.2) is 48.5 Å². The second kappa shape index (κ2) is 8.34. The maximum Gasteiger partial charge on any atom is 0.338 e. The van der Waals surface area contributed by atoms with Gasteiger partial charge in [0.25, 0.3) is 0 Å². The second-order valence-corrected chi connectivity index (χ2v) is 4.89. The van der Waals surface area contributed by atoms with E-state index in [2.05, 4.69) is 10.6 Å². The highest BCUT2D eigenvalue weighted by molar-refractivity contribution is 5.95. The minimum atomic E-state index is -0.391. The van der Waals surface area contributed by atoms with Crippen LogP contribution in [0.1, 0.15) is 22.8 Å². The maximum absolute atomic E-state index is 11.9. The number of esters is 1. The fraction of sp³-hybridized carbons (Fsp3) is 0.167. The van der Waals surface area contributed by atoms with Crippen LogP contribution in [0.4, 0.5) is 11.4 Å². The summed E-state index contributed by atoms with van der Waals surface area (Å²) < 4.78 is 4.90. The summed E-state index contributed by atoms with van der Waals surface area (Å²) in [5.41, 5.74) is 2.34. The quantitative estimate of drug-likeness (QED) is 0.798. The molecule has 0 aliphatic heterocycles. The van der Waals surface area contributed by atoms with Gasteiger partial charge in [0.05, 0.1) is 30.3 Å². The van der Waals surface area contributed by atoms with E-state index in [4.69, 9.17) is 10.00 Å². The lowest BCUT2D eigenvalue weighted by molar-refractivity contribution is -0.114. The van der Waals surface area contributed by atoms with Gasteiger partial charge in [-0.05, 0) is 55.5 Å². The van der Waals surface area contributed by atoms with Crippen LogP contribution in [0.25, 0.3) is 0 Å². The summed E-state index contributed by atoms with van der Waals surface area (Å²) in [6.45, 7) is 2.15. The lowest BCUT2D eigenvalue weighted by Gasteiger charge is -2.08. The largest absolute Gasteiger partial charge is 0.462 e. The molecule has 0 atom stereocenters. The molecule has 2 aromatic rings. The fourth-order valence-electron chi connectivity index (χ4n) is 1.95. The van der Waals surface area contributed by atoms with E-state index in [9.17, 15) is 9.59 Å². The molecule has 0 aliphatic rings. The molecule has 0 spiro atoms. The third kappa shape index (κ3) is 4.85. The molecule has 6 heteroatoms. The first-order valence-electron chi connectivity index (χ1n) is 7.43. The Morgan fingerprint density at radius 2 is 1.67 bits per heavy atom. The van der Waals surface area contributed by atoms with Crippen molar-refractivity contribution < 1.29 is 14.3 Å². The van der Waals surface area contributed by atoms with Crippen molar-refractivity contribution >= 4 is 23.3 Å². The smallest absolute Gasteiger partial charge is 0.338 e. The number of nitrogens with zero attached hydrogens (tertiary/aromatic N) is 1. The Morgan fingerprint density at radius 3 is 2.25 bits per heavy atom. The van der Waals surface area contributed by atoms with Gasteiger partial charge in [-0.2, -0.15) is 5.26 Å². The van der Waals surface area contributed by atoms with Gasteiger partial charge in [0.2, 0.25) is 5.91 Å². The van der Waals surface area contributed by atoms with Crippen molar-refractivity contribution in [3.05, 3.63) is 59.7 Å². The molecule has 0 heterocycles. The Morgan fingerprint density at radius 1 is 1.04 bits per heavy atom. The van der Waals surface area contributed by atoms with E-state index in [0.29, 0.717) is 23.4 Å². The first-order valence-corrected chi connectivity index (χ1v) is 7.43. The molecule has 122 valence electrons. The predicted octanol–water partition coefficient (Wildman–Crippen LogP) is 2.79. The van der Waals surface area contributed by atoms with Gasteiger partial charge in [-0.15, -0.1) is 0 Å². The number of hydrogen-bond acceptors (Lipinski definition) is 5. The van der Waals surface area contributed by atoms with Crippen LogP contribution >= 0.6 is 0 Å². The number of benzene rings is 2. The molecule has 0 bridgehead atoms. The van der Waals surface area contributed by atoms with Crippen molar-refractivity contribution in [3.8, 4) is 6.07 Å². The summed E-state index contributed by atoms with van der Waals surface area (Å²) >= 11 is 0. The zero-order chi connectivity index (χ0) is 17.4. The van der Waals surface area contributed by atoms with E-state index in [1.165, 1.54) is 0 Å². The van der Waals surface area contributed by atoms with Gasteiger partial charge in [-0.3, -0.25) is 4.79 Å². The normalized spacial score (nSPS) is 9.67. The molecule has 2 N–H and O–H groups in total. The van der Waals surface area contributed by atoms with Gasteiger partial charge >= 0.3 is 5.97 Å². The van der Waals surface area contributed by atoms with Crippen molar-refractivity contribution in [3.63, 3.8) is 0 Å². The van der Waals surface area contributed by atoms with Crippen molar-refractivity contribution in [2.45, 2.75) is 6.92 Å². The molecule has 0 unspecified atom stereocenters. The number of ether oxygens (including phenoxy) is 1. The van der Waals surface area contributed by atoms with Gasteiger partial charge in [0.15, 0.2) is 0 Å². The average Bonchev–Trinajstić information content (AvgIpc) is 2.61. The van der Waals surface area contributed by atoms with E-state index >= 15 is 0 Å². The molecule has 6 nitrogen and oxygen atoms in total. The topological polar surface area (TPSA) is 91.2 Å². The monoisotopic (exact) mass is 323 g/mol. The van der Waals surface area contributed by atoms with Crippen molar-refractivity contribution in [2.24, 2.45) is 0 Å². The predicted molar refractivity (Wildman–Crippen MR) is 90.7 cm³/mol. The van der Waals surface area contributed by atoms with Crippen molar-refractivity contribution in [2.75, 3.05) is 23.8 Å². The standard InChI is InChI=1S/C18H17N3O3/c1-2-24-18(23)14-5-9-16(10-6-14)21-17(22)12-20-15-7-3-13(11-19)4-8-15/h3-10,20H,2,12H2,1H3,(H,21,22). The Hall–Kier alpha value is -3.33. The van der Waals surface area contributed by atoms with Crippen LogP contribution in [0, 0.1) is 11.3 Å². The van der Waals surface area contributed by atoms with Crippen LogP contribution in [-0.4, -0.2) is 25.0 Å². The minimum Gasteiger partial charge on any atom is -0.462 e. The minimum absolute atomic E-state index is 0.0888. The molecule has 0 aromatic heterocycles. The van der Waals surface area contributed by atoms with E-state index in [0.717, 1.165) is 5.69 Å². The number of rotatable bonds is 6. The third-order valence-corrected chi connectivity index (χ3v) is 3.15. The highest BCUT2D eigenvalue weighted by Gasteiger charge is 2.07. The zero-order valence-corrected chi connectivity index (χ0v) is 13.2. The molecule has 2 aromatic carbocycles. The Bertz CT molecular complexity index is 747. The van der Waals surface area contributed by atoms with Gasteiger partial charge in [0, 0.05) is 11.4 Å². The molecule has 0 radical (unpaired) electrons. The number of anilines is 2. The Balaban J connectivity index is 1.85. The van der Waals surface area contributed by atoms with Gasteiger partial charge in [-0.25, -0.2) is 4.79 Å². The third-order valence-electron chi connectivity index (χ3n) is 3.15. The molecule has 0 fully saturated rings. The summed E-state index contributed by atoms with van der Waals surface area (Å²) in [5.74, 6) is -0.610. The molecular formula is C18H17N3O3. The van der Waals surface area contributed by atoms with E-state index < -0.39 is 5.97 Å². The van der Waals surface area contributed by atoms with Gasteiger partial charge < -0.3 is 15.4 Å². The van der Waals surface area contributed by atoms with Crippen LogP contribution in [0.2, 0.25) is 0 Å². The number of carbonyl (C=O) groups is 2. The van der Waals surface area contributed by atoms with Crippen molar-refractivity contribution in [1.29, 1.82) is 5.26 Å². The molecule has 2 rings (SSSR count). The van der Waals surface area contributed by atoms with Gasteiger partial charge in [0.1, 0.15) is 0 Å². The summed E-state index contributed by atoms with van der Waals surface area (Å²) in [7, 11) is 0. The number of amides is 1. The SMILES string of the molecule is CCOC(=O)c1ccc(NC(=O)CNc2ccc(C#N)cc2)cc1. The van der Waals surface area contributed by atoms with Crippen LogP contribution in [-0.2, 0) is 9.53 Å². The van der Waals surface area contributed by atoms with E-state index in [-0.39, 0.29) is 12.5 Å². The number of nitrogens with one attached hydrogen (secondary N) is 2. The van der Waals surface area contributed by atoms with E-state index in [1.54, 1.807) is 55.5 Å². The van der Waals surface area contributed by atoms with Crippen molar-refractivity contribution in [1.82, 2.24) is 0 Å².